The molecule has 0 spiro atoms. The van der Waals surface area contributed by atoms with E-state index < -0.39 is 0 Å². The maximum atomic E-state index is 10.7. The Kier molecular flexibility index (Phi) is 0.891. The van der Waals surface area contributed by atoms with Crippen LogP contribution in [0.2, 0.25) is 0 Å². The van der Waals surface area contributed by atoms with E-state index in [0.717, 1.165) is 12.8 Å². The van der Waals surface area contributed by atoms with Crippen molar-refractivity contribution in [3.05, 3.63) is 12.2 Å². The van der Waals surface area contributed by atoms with Crippen LogP contribution in [0.4, 0.5) is 0 Å². The van der Waals surface area contributed by atoms with Crippen LogP contribution in [-0.4, -0.2) is 11.9 Å². The number of carbonyl (C=O) groups excluding carboxylic acids is 1. The van der Waals surface area contributed by atoms with E-state index in [1.807, 2.05) is 0 Å². The summed E-state index contributed by atoms with van der Waals surface area (Å²) in [6, 6.07) is 0.381. The number of amides is 1. The lowest BCUT2D eigenvalue weighted by molar-refractivity contribution is -0.134. The van der Waals surface area contributed by atoms with Crippen molar-refractivity contribution >= 4 is 5.91 Å². The van der Waals surface area contributed by atoms with Gasteiger partial charge in [0.15, 0.2) is 0 Å². The number of allylic oxidation sites excluding steroid dienone is 1. The van der Waals surface area contributed by atoms with E-state index in [1.54, 1.807) is 0 Å². The number of rotatable bonds is 0. The highest BCUT2D eigenvalue weighted by Crippen LogP contribution is 2.25. The number of nitrogens with one attached hydrogen (secondary N) is 1. The second kappa shape index (κ2) is 1.59. The van der Waals surface area contributed by atoms with E-state index in [2.05, 4.69) is 17.5 Å². The molecule has 1 aliphatic carbocycles. The predicted octanol–water partition coefficient (Wildman–Crippen LogP) is 0.451. The Morgan fingerprint density at radius 3 is 3.11 bits per heavy atom. The molecule has 1 aliphatic heterocycles. The van der Waals surface area contributed by atoms with Crippen molar-refractivity contribution in [1.82, 2.24) is 5.32 Å². The molecule has 0 aromatic heterocycles. The van der Waals surface area contributed by atoms with Gasteiger partial charge in [-0.05, 0) is 12.8 Å². The zero-order valence-electron chi connectivity index (χ0n) is 5.13. The minimum absolute atomic E-state index is 0.240. The van der Waals surface area contributed by atoms with Gasteiger partial charge in [0, 0.05) is 0 Å². The van der Waals surface area contributed by atoms with Crippen LogP contribution in [0.25, 0.3) is 0 Å². The first-order valence-corrected chi connectivity index (χ1v) is 3.35. The Morgan fingerprint density at radius 1 is 1.67 bits per heavy atom. The molecule has 1 amide bonds. The smallest absolute Gasteiger partial charge is 0.226 e. The van der Waals surface area contributed by atoms with Crippen LogP contribution >= 0.6 is 0 Å². The first-order chi connectivity index (χ1) is 4.38. The fourth-order valence-electron chi connectivity index (χ4n) is 1.45. The van der Waals surface area contributed by atoms with E-state index in [0.29, 0.717) is 12.0 Å². The summed E-state index contributed by atoms with van der Waals surface area (Å²) in [6.07, 6.45) is 6.36. The second-order valence-electron chi connectivity index (χ2n) is 2.65. The number of hydrogen-bond acceptors (Lipinski definition) is 1. The maximum Gasteiger partial charge on any atom is 0.226 e. The summed E-state index contributed by atoms with van der Waals surface area (Å²) < 4.78 is 0. The minimum atomic E-state index is 0.240. The Hall–Kier alpha value is -0.790. The summed E-state index contributed by atoms with van der Waals surface area (Å²) in [5, 5.41) is 2.82. The van der Waals surface area contributed by atoms with Crippen LogP contribution in [0, 0.1) is 5.92 Å². The molecule has 2 heteroatoms. The molecule has 1 fully saturated rings. The molecular weight excluding hydrogens is 114 g/mol. The van der Waals surface area contributed by atoms with Gasteiger partial charge in [-0.1, -0.05) is 12.2 Å². The van der Waals surface area contributed by atoms with Gasteiger partial charge in [0.05, 0.1) is 12.0 Å². The van der Waals surface area contributed by atoms with Gasteiger partial charge in [-0.15, -0.1) is 0 Å². The van der Waals surface area contributed by atoms with Gasteiger partial charge in [0.1, 0.15) is 0 Å². The zero-order valence-corrected chi connectivity index (χ0v) is 5.13. The minimum Gasteiger partial charge on any atom is -0.349 e. The molecule has 2 nitrogen and oxygen atoms in total. The first kappa shape index (κ1) is 5.03. The lowest BCUT2D eigenvalue weighted by Crippen LogP contribution is -2.57. The summed E-state index contributed by atoms with van der Waals surface area (Å²) in [6.45, 7) is 0. The molecule has 0 aromatic carbocycles. The van der Waals surface area contributed by atoms with Crippen molar-refractivity contribution in [3.8, 4) is 0 Å². The molecule has 2 atom stereocenters. The van der Waals surface area contributed by atoms with E-state index >= 15 is 0 Å². The summed E-state index contributed by atoms with van der Waals surface area (Å²) in [4.78, 5) is 10.7. The highest BCUT2D eigenvalue weighted by molar-refractivity contribution is 5.86. The van der Waals surface area contributed by atoms with Crippen LogP contribution in [0.1, 0.15) is 12.8 Å². The Labute approximate surface area is 53.9 Å². The fraction of sp³-hybridized carbons (Fsp3) is 0.571. The van der Waals surface area contributed by atoms with Gasteiger partial charge in [-0.2, -0.15) is 0 Å². The Balaban J connectivity index is 2.14. The van der Waals surface area contributed by atoms with E-state index in [-0.39, 0.29) is 5.91 Å². The highest BCUT2D eigenvalue weighted by Gasteiger charge is 2.37. The monoisotopic (exact) mass is 123 g/mol. The molecule has 9 heavy (non-hydrogen) atoms. The maximum absolute atomic E-state index is 10.7. The van der Waals surface area contributed by atoms with Crippen molar-refractivity contribution in [1.29, 1.82) is 0 Å². The van der Waals surface area contributed by atoms with E-state index in [4.69, 9.17) is 0 Å². The summed E-state index contributed by atoms with van der Waals surface area (Å²) in [7, 11) is 0. The van der Waals surface area contributed by atoms with Crippen LogP contribution < -0.4 is 5.32 Å². The Bertz CT molecular complexity index is 174. The normalized spacial score (nSPS) is 38.9. The summed E-state index contributed by atoms with van der Waals surface area (Å²) >= 11 is 0. The second-order valence-corrected chi connectivity index (χ2v) is 2.65. The van der Waals surface area contributed by atoms with Crippen molar-refractivity contribution in [2.24, 2.45) is 5.92 Å². The van der Waals surface area contributed by atoms with Crippen LogP contribution in [0.3, 0.4) is 0 Å². The summed E-state index contributed by atoms with van der Waals surface area (Å²) in [5.41, 5.74) is 0. The molecule has 1 N–H and O–H groups in total. The lowest BCUT2D eigenvalue weighted by atomic mass is 9.83. The van der Waals surface area contributed by atoms with Crippen molar-refractivity contribution < 1.29 is 4.79 Å². The molecule has 0 unspecified atom stereocenters. The molecule has 48 valence electrons. The number of fused-ring (bicyclic) bond motifs is 1. The zero-order chi connectivity index (χ0) is 6.27. The van der Waals surface area contributed by atoms with E-state index in [9.17, 15) is 4.79 Å². The van der Waals surface area contributed by atoms with E-state index in [1.165, 1.54) is 0 Å². The van der Waals surface area contributed by atoms with Crippen molar-refractivity contribution in [2.75, 3.05) is 0 Å². The van der Waals surface area contributed by atoms with Gasteiger partial charge >= 0.3 is 0 Å². The molecule has 0 bridgehead atoms. The number of hydrogen-bond donors (Lipinski definition) is 1. The van der Waals surface area contributed by atoms with Crippen LogP contribution in [0.5, 0.6) is 0 Å². The van der Waals surface area contributed by atoms with Gasteiger partial charge in [0.2, 0.25) is 5.91 Å². The molecule has 0 aromatic rings. The third-order valence-corrected chi connectivity index (χ3v) is 2.07. The fourth-order valence-corrected chi connectivity index (χ4v) is 1.45. The molecule has 1 heterocycles. The van der Waals surface area contributed by atoms with Crippen LogP contribution in [0.15, 0.2) is 12.2 Å². The van der Waals surface area contributed by atoms with Gasteiger partial charge < -0.3 is 5.32 Å². The molecule has 2 rings (SSSR count). The van der Waals surface area contributed by atoms with Gasteiger partial charge in [-0.3, -0.25) is 4.79 Å². The molecule has 0 saturated carbocycles. The average molecular weight is 123 g/mol. The molecule has 0 radical (unpaired) electrons. The first-order valence-electron chi connectivity index (χ1n) is 3.35. The van der Waals surface area contributed by atoms with Crippen molar-refractivity contribution in [3.63, 3.8) is 0 Å². The number of β-lactam (4-membered cyclic amide) rings is 1. The lowest BCUT2D eigenvalue weighted by Gasteiger charge is -2.36. The largest absolute Gasteiger partial charge is 0.349 e. The topological polar surface area (TPSA) is 29.1 Å². The molecule has 1 saturated heterocycles. The molecular formula is C7H9NO. The third-order valence-electron chi connectivity index (χ3n) is 2.07. The SMILES string of the molecule is O=C1N[C@@H]2C=CCC[C@H]12. The summed E-state index contributed by atoms with van der Waals surface area (Å²) in [5.74, 6) is 0.555. The Morgan fingerprint density at radius 2 is 2.56 bits per heavy atom. The average Bonchev–Trinajstić information content (AvgIpc) is 1.86. The predicted molar refractivity (Wildman–Crippen MR) is 33.8 cm³/mol. The third kappa shape index (κ3) is 0.590. The van der Waals surface area contributed by atoms with Gasteiger partial charge in [0.25, 0.3) is 0 Å². The van der Waals surface area contributed by atoms with Crippen LogP contribution in [-0.2, 0) is 4.79 Å². The van der Waals surface area contributed by atoms with Gasteiger partial charge in [-0.25, -0.2) is 0 Å². The standard InChI is InChI=1S/C7H9NO/c9-7-5-3-1-2-4-6(5)8-7/h2,4-6H,1,3H2,(H,8,9)/t5-,6+/m0/s1. The highest BCUT2D eigenvalue weighted by atomic mass is 16.2. The van der Waals surface area contributed by atoms with Crippen molar-refractivity contribution in [2.45, 2.75) is 18.9 Å². The quantitative estimate of drug-likeness (QED) is 0.368. The number of carbonyl (C=O) groups is 1. The molecule has 2 aliphatic rings.